The van der Waals surface area contributed by atoms with E-state index in [4.69, 9.17) is 4.74 Å². The Morgan fingerprint density at radius 3 is 2.44 bits per heavy atom. The molecule has 0 spiro atoms. The molecule has 0 bridgehead atoms. The van der Waals surface area contributed by atoms with Crippen molar-refractivity contribution in [2.45, 2.75) is 24.6 Å². The van der Waals surface area contributed by atoms with Gasteiger partial charge in [0, 0.05) is 12.1 Å². The Labute approximate surface area is 209 Å². The molecule has 5 N–H and O–H groups in total. The molecule has 2 aromatic carbocycles. The SMILES string of the molecule is COc1ccc(NC(=O)C[C@@H]2SC(=N[C@H](c3ccc(C)cc3)c3c(O)[nH]c(=O)[nH]c3=O)NC2=O)cc1. The normalized spacial score (nSPS) is 17.0. The number of nitrogens with one attached hydrogen (secondary N) is 4. The number of thioether (sulfide) groups is 1. The Balaban J connectivity index is 1.56. The average Bonchev–Trinajstić information content (AvgIpc) is 3.17. The summed E-state index contributed by atoms with van der Waals surface area (Å²) in [5.41, 5.74) is 0.235. The van der Waals surface area contributed by atoms with Crippen molar-refractivity contribution in [3.8, 4) is 11.6 Å². The molecule has 0 aliphatic carbocycles. The molecule has 11 nitrogen and oxygen atoms in total. The molecule has 186 valence electrons. The van der Waals surface area contributed by atoms with Gasteiger partial charge in [-0.25, -0.2) is 9.79 Å². The highest BCUT2D eigenvalue weighted by Crippen LogP contribution is 2.32. The zero-order valence-corrected chi connectivity index (χ0v) is 20.1. The lowest BCUT2D eigenvalue weighted by molar-refractivity contribution is -0.122. The van der Waals surface area contributed by atoms with E-state index in [-0.39, 0.29) is 23.1 Å². The highest BCUT2D eigenvalue weighted by molar-refractivity contribution is 8.15. The van der Waals surface area contributed by atoms with Crippen molar-refractivity contribution >= 4 is 34.4 Å². The molecule has 4 rings (SSSR count). The number of ether oxygens (including phenoxy) is 1. The topological polar surface area (TPSA) is 166 Å². The molecular formula is C24H23N5O6S. The van der Waals surface area contributed by atoms with Gasteiger partial charge in [-0.15, -0.1) is 0 Å². The lowest BCUT2D eigenvalue weighted by Gasteiger charge is -2.14. The summed E-state index contributed by atoms with van der Waals surface area (Å²) in [6.07, 6.45) is -0.110. The molecule has 2 amide bonds. The predicted molar refractivity (Wildman–Crippen MR) is 136 cm³/mol. The number of aliphatic imine (C=N–C) groups is 1. The van der Waals surface area contributed by atoms with Crippen LogP contribution < -0.4 is 26.6 Å². The van der Waals surface area contributed by atoms with Crippen molar-refractivity contribution in [2.75, 3.05) is 12.4 Å². The molecule has 1 saturated heterocycles. The van der Waals surface area contributed by atoms with Gasteiger partial charge in [-0.2, -0.15) is 0 Å². The highest BCUT2D eigenvalue weighted by Gasteiger charge is 2.33. The number of H-pyrrole nitrogens is 2. The largest absolute Gasteiger partial charge is 0.497 e. The number of rotatable bonds is 7. The molecule has 1 aromatic heterocycles. The fourth-order valence-electron chi connectivity index (χ4n) is 3.56. The van der Waals surface area contributed by atoms with Crippen LogP contribution in [0.3, 0.4) is 0 Å². The summed E-state index contributed by atoms with van der Waals surface area (Å²) in [6.45, 7) is 1.89. The second-order valence-corrected chi connectivity index (χ2v) is 9.19. The average molecular weight is 510 g/mol. The third-order valence-corrected chi connectivity index (χ3v) is 6.49. The number of nitrogens with zero attached hydrogens (tertiary/aromatic N) is 1. The molecular weight excluding hydrogens is 486 g/mol. The lowest BCUT2D eigenvalue weighted by atomic mass is 10.00. The number of benzene rings is 2. The van der Waals surface area contributed by atoms with Crippen LogP contribution in [0.1, 0.15) is 29.2 Å². The van der Waals surface area contributed by atoms with E-state index in [0.29, 0.717) is 17.0 Å². The van der Waals surface area contributed by atoms with Gasteiger partial charge in [-0.1, -0.05) is 41.6 Å². The number of methoxy groups -OCH3 is 1. The Kier molecular flexibility index (Phi) is 7.25. The summed E-state index contributed by atoms with van der Waals surface area (Å²) < 4.78 is 5.09. The zero-order chi connectivity index (χ0) is 25.8. The number of aromatic amines is 2. The van der Waals surface area contributed by atoms with Crippen molar-refractivity contribution < 1.29 is 19.4 Å². The first-order valence-electron chi connectivity index (χ1n) is 10.8. The standard InChI is InChI=1S/C24H23N5O6S/c1-12-3-5-13(6-4-12)19(18-21(32)27-23(34)28-22(18)33)26-24-29-20(31)16(36-24)11-17(30)25-14-7-9-15(35-2)10-8-14/h3-10,16,19H,11H2,1-2H3,(H,25,30)(H,26,29,31)(H3,27,28,32,33,34)/t16-,19+/m0/s1. The number of anilines is 1. The maximum absolute atomic E-state index is 12.6. The van der Waals surface area contributed by atoms with Crippen LogP contribution >= 0.6 is 11.8 Å². The van der Waals surface area contributed by atoms with E-state index in [1.165, 1.54) is 0 Å². The number of carbonyl (C=O) groups excluding carboxylic acids is 2. The predicted octanol–water partition coefficient (Wildman–Crippen LogP) is 1.79. The van der Waals surface area contributed by atoms with Gasteiger partial charge < -0.3 is 20.5 Å². The molecule has 1 fully saturated rings. The molecule has 2 heterocycles. The summed E-state index contributed by atoms with van der Waals surface area (Å²) in [5, 5.41) is 15.1. The Hall–Kier alpha value is -4.32. The summed E-state index contributed by atoms with van der Waals surface area (Å²) in [7, 11) is 1.54. The van der Waals surface area contributed by atoms with Crippen LogP contribution in [0, 0.1) is 6.92 Å². The summed E-state index contributed by atoms with van der Waals surface area (Å²) >= 11 is 1.04. The van der Waals surface area contributed by atoms with E-state index in [0.717, 1.165) is 17.3 Å². The highest BCUT2D eigenvalue weighted by atomic mass is 32.2. The van der Waals surface area contributed by atoms with Crippen LogP contribution in [0.4, 0.5) is 5.69 Å². The van der Waals surface area contributed by atoms with Crippen LogP contribution in [-0.2, 0) is 9.59 Å². The second kappa shape index (κ2) is 10.5. The number of aromatic hydroxyl groups is 1. The molecule has 12 heteroatoms. The van der Waals surface area contributed by atoms with Crippen LogP contribution in [0.25, 0.3) is 0 Å². The Morgan fingerprint density at radius 2 is 1.81 bits per heavy atom. The molecule has 3 aromatic rings. The Morgan fingerprint density at radius 1 is 1.11 bits per heavy atom. The molecule has 0 saturated carbocycles. The van der Waals surface area contributed by atoms with Crippen molar-refractivity contribution in [2.24, 2.45) is 4.99 Å². The Bertz CT molecular complexity index is 1430. The van der Waals surface area contributed by atoms with Crippen LogP contribution in [0.2, 0.25) is 0 Å². The van der Waals surface area contributed by atoms with E-state index in [9.17, 15) is 24.3 Å². The van der Waals surface area contributed by atoms with Crippen molar-refractivity contribution in [3.05, 3.63) is 86.1 Å². The van der Waals surface area contributed by atoms with Gasteiger partial charge in [0.1, 0.15) is 22.6 Å². The fraction of sp³-hybridized carbons (Fsp3) is 0.208. The maximum Gasteiger partial charge on any atom is 0.328 e. The van der Waals surface area contributed by atoms with E-state index in [2.05, 4.69) is 25.6 Å². The van der Waals surface area contributed by atoms with E-state index < -0.39 is 34.3 Å². The molecule has 1 aliphatic heterocycles. The molecule has 36 heavy (non-hydrogen) atoms. The minimum absolute atomic E-state index is 0.110. The summed E-state index contributed by atoms with van der Waals surface area (Å²) in [5.74, 6) is -0.747. The number of aromatic nitrogens is 2. The molecule has 0 radical (unpaired) electrons. The van der Waals surface area contributed by atoms with Crippen LogP contribution in [0.15, 0.2) is 63.1 Å². The smallest absolute Gasteiger partial charge is 0.328 e. The number of hydrogen-bond donors (Lipinski definition) is 5. The third kappa shape index (κ3) is 5.66. The van der Waals surface area contributed by atoms with Gasteiger partial charge in [0.25, 0.3) is 5.56 Å². The van der Waals surface area contributed by atoms with Gasteiger partial charge in [-0.3, -0.25) is 24.4 Å². The van der Waals surface area contributed by atoms with Crippen LogP contribution in [-0.4, -0.2) is 44.4 Å². The summed E-state index contributed by atoms with van der Waals surface area (Å²) in [6, 6.07) is 12.8. The maximum atomic E-state index is 12.6. The lowest BCUT2D eigenvalue weighted by Crippen LogP contribution is -2.29. The van der Waals surface area contributed by atoms with E-state index in [1.54, 1.807) is 43.5 Å². The van der Waals surface area contributed by atoms with Crippen molar-refractivity contribution in [3.63, 3.8) is 0 Å². The van der Waals surface area contributed by atoms with E-state index >= 15 is 0 Å². The number of aryl methyl sites for hydroxylation is 1. The first-order valence-corrected chi connectivity index (χ1v) is 11.7. The first-order chi connectivity index (χ1) is 17.2. The third-order valence-electron chi connectivity index (χ3n) is 5.39. The van der Waals surface area contributed by atoms with Gasteiger partial charge in [-0.05, 0) is 36.8 Å². The number of amidine groups is 1. The number of amides is 2. The zero-order valence-electron chi connectivity index (χ0n) is 19.3. The first kappa shape index (κ1) is 24.8. The monoisotopic (exact) mass is 509 g/mol. The second-order valence-electron chi connectivity index (χ2n) is 7.99. The molecule has 1 aliphatic rings. The van der Waals surface area contributed by atoms with Gasteiger partial charge in [0.15, 0.2) is 5.17 Å². The van der Waals surface area contributed by atoms with Gasteiger partial charge in [0.2, 0.25) is 17.7 Å². The molecule has 2 atom stereocenters. The summed E-state index contributed by atoms with van der Waals surface area (Å²) in [4.78, 5) is 57.9. The number of carbonyl (C=O) groups is 2. The van der Waals surface area contributed by atoms with Gasteiger partial charge >= 0.3 is 5.69 Å². The van der Waals surface area contributed by atoms with E-state index in [1.807, 2.05) is 19.1 Å². The van der Waals surface area contributed by atoms with Crippen molar-refractivity contribution in [1.82, 2.24) is 15.3 Å². The minimum Gasteiger partial charge on any atom is -0.497 e. The number of hydrogen-bond acceptors (Lipinski definition) is 8. The fourth-order valence-corrected chi connectivity index (χ4v) is 4.56. The molecule has 0 unspecified atom stereocenters. The van der Waals surface area contributed by atoms with Crippen LogP contribution in [0.5, 0.6) is 11.6 Å². The van der Waals surface area contributed by atoms with Gasteiger partial charge in [0.05, 0.1) is 7.11 Å². The van der Waals surface area contributed by atoms with Crippen molar-refractivity contribution in [1.29, 1.82) is 0 Å². The quantitative estimate of drug-likeness (QED) is 0.324. The minimum atomic E-state index is -1.03.